The Morgan fingerprint density at radius 2 is 1.95 bits per heavy atom. The Bertz CT molecular complexity index is 1060. The van der Waals surface area contributed by atoms with Gasteiger partial charge in [0.2, 0.25) is 5.78 Å². The molecule has 2 aromatic rings. The SMILES string of the molecule is [2H]C1=C([2H])c2c([2H])c([2H])c([2H])c([2H])c2C(=NNc2ccc(C)cc2C)C1=O. The predicted molar refractivity (Wildman–Crippen MR) is 86.6 cm³/mol. The first-order valence-electron chi connectivity index (χ1n) is 9.39. The van der Waals surface area contributed by atoms with Gasteiger partial charge in [-0.15, -0.1) is 0 Å². The largest absolute Gasteiger partial charge is 0.287 e. The van der Waals surface area contributed by atoms with Crippen molar-refractivity contribution < 1.29 is 13.0 Å². The lowest BCUT2D eigenvalue weighted by molar-refractivity contribution is -0.108. The van der Waals surface area contributed by atoms with Gasteiger partial charge < -0.3 is 0 Å². The van der Waals surface area contributed by atoms with Gasteiger partial charge in [-0.2, -0.15) is 5.10 Å². The van der Waals surface area contributed by atoms with E-state index in [0.717, 1.165) is 11.1 Å². The van der Waals surface area contributed by atoms with E-state index in [9.17, 15) is 4.79 Å². The fraction of sp³-hybridized carbons (Fsp3) is 0.111. The topological polar surface area (TPSA) is 41.5 Å². The van der Waals surface area contributed by atoms with Crippen LogP contribution < -0.4 is 5.43 Å². The molecule has 3 nitrogen and oxygen atoms in total. The van der Waals surface area contributed by atoms with Crippen molar-refractivity contribution in [3.05, 3.63) is 70.7 Å². The maximum atomic E-state index is 12.5. The molecule has 1 aliphatic carbocycles. The Balaban J connectivity index is 2.22. The Hall–Kier alpha value is -2.68. The molecule has 0 atom stereocenters. The normalized spacial score (nSPS) is 20.1. The van der Waals surface area contributed by atoms with Crippen LogP contribution in [0.5, 0.6) is 0 Å². The van der Waals surface area contributed by atoms with Crippen molar-refractivity contribution in [1.82, 2.24) is 0 Å². The standard InChI is InChI=1S/C18H16N2O/c1-12-7-9-16(13(2)11-12)19-20-18-15-6-4-3-5-14(15)8-10-17(18)21/h3-11,19H,1-2H3/i3D,4D,5D,6D,8D,10D. The van der Waals surface area contributed by atoms with Gasteiger partial charge in [0.15, 0.2) is 0 Å². The summed E-state index contributed by atoms with van der Waals surface area (Å²) in [5, 5.41) is 4.06. The van der Waals surface area contributed by atoms with Gasteiger partial charge in [-0.25, -0.2) is 0 Å². The second-order valence-electron chi connectivity index (χ2n) is 4.72. The van der Waals surface area contributed by atoms with Crippen LogP contribution in [0.25, 0.3) is 6.05 Å². The van der Waals surface area contributed by atoms with Crippen LogP contribution in [0.4, 0.5) is 5.69 Å². The van der Waals surface area contributed by atoms with Gasteiger partial charge in [0.1, 0.15) is 5.71 Å². The number of rotatable bonds is 2. The summed E-state index contributed by atoms with van der Waals surface area (Å²) in [5.74, 6) is -0.866. The molecule has 0 amide bonds. The third kappa shape index (κ3) is 2.63. The van der Waals surface area contributed by atoms with E-state index in [0.29, 0.717) is 5.69 Å². The number of hydrogen-bond donors (Lipinski definition) is 1. The molecule has 0 aliphatic heterocycles. The Morgan fingerprint density at radius 1 is 1.14 bits per heavy atom. The van der Waals surface area contributed by atoms with Crippen molar-refractivity contribution >= 4 is 23.2 Å². The number of nitrogens with zero attached hydrogens (tertiary/aromatic N) is 1. The van der Waals surface area contributed by atoms with Crippen LogP contribution in [0.3, 0.4) is 0 Å². The number of nitrogens with one attached hydrogen (secondary N) is 1. The quantitative estimate of drug-likeness (QED) is 0.853. The summed E-state index contributed by atoms with van der Waals surface area (Å²) in [5.41, 5.74) is 4.63. The van der Waals surface area contributed by atoms with Crippen LogP contribution in [0.15, 0.2) is 53.5 Å². The molecular weight excluding hydrogens is 260 g/mol. The zero-order valence-electron chi connectivity index (χ0n) is 17.6. The third-order valence-corrected chi connectivity index (χ3v) is 3.11. The molecule has 0 unspecified atom stereocenters. The number of carbonyl (C=O) groups excluding carboxylic acids is 1. The lowest BCUT2D eigenvalue weighted by Crippen LogP contribution is -2.19. The van der Waals surface area contributed by atoms with Crippen molar-refractivity contribution in [2.45, 2.75) is 13.8 Å². The second-order valence-corrected chi connectivity index (χ2v) is 4.72. The van der Waals surface area contributed by atoms with Crippen LogP contribution in [-0.4, -0.2) is 11.5 Å². The first kappa shape index (κ1) is 7.93. The first-order chi connectivity index (χ1) is 12.6. The maximum absolute atomic E-state index is 12.5. The molecule has 3 heteroatoms. The number of fused-ring (bicyclic) bond motifs is 1. The van der Waals surface area contributed by atoms with Gasteiger partial charge in [0, 0.05) is 5.56 Å². The molecule has 21 heavy (non-hydrogen) atoms. The lowest BCUT2D eigenvalue weighted by Gasteiger charge is -2.13. The molecule has 1 N–H and O–H groups in total. The molecule has 0 saturated heterocycles. The number of anilines is 1. The van der Waals surface area contributed by atoms with E-state index in [-0.39, 0.29) is 16.8 Å². The molecule has 0 bridgehead atoms. The summed E-state index contributed by atoms with van der Waals surface area (Å²) in [7, 11) is 0. The summed E-state index contributed by atoms with van der Waals surface area (Å²) in [6.45, 7) is 3.79. The minimum absolute atomic E-state index is 0.163. The molecule has 3 rings (SSSR count). The number of allylic oxidation sites excluding steroid dienone is 1. The van der Waals surface area contributed by atoms with Gasteiger partial charge in [0.05, 0.1) is 13.9 Å². The molecule has 0 heterocycles. The van der Waals surface area contributed by atoms with Gasteiger partial charge in [-0.1, -0.05) is 47.9 Å². The molecule has 1 aliphatic rings. The van der Waals surface area contributed by atoms with Gasteiger partial charge in [0.25, 0.3) is 0 Å². The molecular formula is C18H16N2O. The van der Waals surface area contributed by atoms with Crippen molar-refractivity contribution in [3.63, 3.8) is 0 Å². The predicted octanol–water partition coefficient (Wildman–Crippen LogP) is 3.72. The molecule has 2 aromatic carbocycles. The smallest absolute Gasteiger partial charge is 0.206 e. The number of ketones is 1. The van der Waals surface area contributed by atoms with E-state index in [1.165, 1.54) is 0 Å². The summed E-state index contributed by atoms with van der Waals surface area (Å²) in [6, 6.07) is 2.39. The number of hydrazone groups is 1. The van der Waals surface area contributed by atoms with Gasteiger partial charge >= 0.3 is 0 Å². The molecule has 0 saturated carbocycles. The summed E-state index contributed by atoms with van der Waals surface area (Å²) in [6.07, 6.45) is 0. The van der Waals surface area contributed by atoms with E-state index < -0.39 is 42.1 Å². The fourth-order valence-corrected chi connectivity index (χ4v) is 2.04. The van der Waals surface area contributed by atoms with Crippen molar-refractivity contribution in [3.8, 4) is 0 Å². The van der Waals surface area contributed by atoms with Crippen LogP contribution >= 0.6 is 0 Å². The van der Waals surface area contributed by atoms with Crippen LogP contribution in [0.2, 0.25) is 0 Å². The summed E-state index contributed by atoms with van der Waals surface area (Å²) >= 11 is 0. The highest BCUT2D eigenvalue weighted by molar-refractivity contribution is 6.52. The van der Waals surface area contributed by atoms with Gasteiger partial charge in [-0.05, 0) is 37.1 Å². The van der Waals surface area contributed by atoms with Crippen molar-refractivity contribution in [1.29, 1.82) is 0 Å². The fourth-order valence-electron chi connectivity index (χ4n) is 2.04. The second kappa shape index (κ2) is 5.37. The number of carbonyl (C=O) groups is 1. The monoisotopic (exact) mass is 282 g/mol. The minimum Gasteiger partial charge on any atom is -0.287 e. The molecule has 0 radical (unpaired) electrons. The Kier molecular flexibility index (Phi) is 2.03. The third-order valence-electron chi connectivity index (χ3n) is 3.11. The zero-order valence-corrected chi connectivity index (χ0v) is 11.6. The molecule has 0 aromatic heterocycles. The lowest BCUT2D eigenvalue weighted by atomic mass is 9.95. The molecule has 104 valence electrons. The van der Waals surface area contributed by atoms with Crippen molar-refractivity contribution in [2.24, 2.45) is 5.10 Å². The minimum atomic E-state index is -0.866. The highest BCUT2D eigenvalue weighted by Gasteiger charge is 2.18. The van der Waals surface area contributed by atoms with E-state index in [4.69, 9.17) is 8.22 Å². The number of benzene rings is 2. The van der Waals surface area contributed by atoms with Crippen LogP contribution in [0.1, 0.15) is 30.5 Å². The van der Waals surface area contributed by atoms with Crippen LogP contribution in [0, 0.1) is 13.8 Å². The highest BCUT2D eigenvalue weighted by atomic mass is 16.1. The number of hydrogen-bond acceptors (Lipinski definition) is 3. The Morgan fingerprint density at radius 3 is 2.76 bits per heavy atom. The number of aryl methyl sites for hydroxylation is 2. The van der Waals surface area contributed by atoms with E-state index >= 15 is 0 Å². The summed E-state index contributed by atoms with van der Waals surface area (Å²) < 4.78 is 47.6. The maximum Gasteiger partial charge on any atom is 0.206 e. The molecule has 0 fully saturated rings. The highest BCUT2D eigenvalue weighted by Crippen LogP contribution is 2.20. The molecule has 0 spiro atoms. The average Bonchev–Trinajstić information content (AvgIpc) is 2.63. The van der Waals surface area contributed by atoms with Crippen molar-refractivity contribution in [2.75, 3.05) is 5.43 Å². The Labute approximate surface area is 132 Å². The van der Waals surface area contributed by atoms with E-state index in [1.54, 1.807) is 6.07 Å². The van der Waals surface area contributed by atoms with Crippen LogP contribution in [-0.2, 0) is 4.79 Å². The first-order valence-corrected chi connectivity index (χ1v) is 6.39. The van der Waals surface area contributed by atoms with Gasteiger partial charge in [-0.3, -0.25) is 10.2 Å². The van der Waals surface area contributed by atoms with E-state index in [1.807, 2.05) is 26.0 Å². The average molecular weight is 282 g/mol. The summed E-state index contributed by atoms with van der Waals surface area (Å²) in [4.78, 5) is 12.5. The van der Waals surface area contributed by atoms with E-state index in [2.05, 4.69) is 10.5 Å². The zero-order chi connectivity index (χ0) is 20.0.